The van der Waals surface area contributed by atoms with E-state index in [1.54, 1.807) is 18.2 Å². The average molecular weight is 524 g/mol. The molecule has 2 fully saturated rings. The number of hydrogen-bond donors (Lipinski definition) is 0. The Morgan fingerprint density at radius 3 is 2.29 bits per heavy atom. The summed E-state index contributed by atoms with van der Waals surface area (Å²) in [4.78, 5) is 44.5. The Morgan fingerprint density at radius 2 is 1.68 bits per heavy atom. The number of rotatable bonds is 5. The lowest BCUT2D eigenvalue weighted by molar-refractivity contribution is -0.384. The summed E-state index contributed by atoms with van der Waals surface area (Å²) in [6, 6.07) is 19.4. The number of carbonyl (C=O) groups excluding carboxylic acids is 2. The van der Waals surface area contributed by atoms with E-state index in [1.807, 2.05) is 42.5 Å². The van der Waals surface area contributed by atoms with E-state index in [1.165, 1.54) is 24.3 Å². The van der Waals surface area contributed by atoms with Crippen molar-refractivity contribution in [1.82, 2.24) is 0 Å². The van der Waals surface area contributed by atoms with Gasteiger partial charge in [0.2, 0.25) is 5.91 Å². The number of fused-ring (bicyclic) bond motifs is 1. The predicted octanol–water partition coefficient (Wildman–Crippen LogP) is 4.42. The molecule has 5 rings (SSSR count). The van der Waals surface area contributed by atoms with Crippen molar-refractivity contribution in [2.24, 2.45) is 5.92 Å². The Balaban J connectivity index is 1.56. The van der Waals surface area contributed by atoms with E-state index in [-0.39, 0.29) is 11.4 Å². The lowest BCUT2D eigenvalue weighted by atomic mass is 9.90. The summed E-state index contributed by atoms with van der Waals surface area (Å²) >= 11 is 3.50. The number of anilines is 2. The molecule has 2 heterocycles. The quantitative estimate of drug-likeness (QED) is 0.277. The lowest BCUT2D eigenvalue weighted by Gasteiger charge is -2.29. The molecule has 0 saturated carbocycles. The van der Waals surface area contributed by atoms with E-state index < -0.39 is 34.8 Å². The van der Waals surface area contributed by atoms with Crippen molar-refractivity contribution in [2.45, 2.75) is 12.1 Å². The summed E-state index contributed by atoms with van der Waals surface area (Å²) in [5.41, 5.74) is 1.60. The summed E-state index contributed by atoms with van der Waals surface area (Å²) in [5.74, 6) is -1.13. The Hall–Kier alpha value is -3.76. The van der Waals surface area contributed by atoms with Crippen LogP contribution < -0.4 is 14.7 Å². The molecular weight excluding hydrogens is 506 g/mol. The van der Waals surface area contributed by atoms with Gasteiger partial charge in [0.25, 0.3) is 11.6 Å². The number of methoxy groups -OCH3 is 1. The molecule has 10 heteroatoms. The fourth-order valence-electron chi connectivity index (χ4n) is 4.40. The largest absolute Gasteiger partial charge is 0.496 e. The third-order valence-corrected chi connectivity index (χ3v) is 6.58. The molecule has 0 bridgehead atoms. The lowest BCUT2D eigenvalue weighted by Crippen LogP contribution is -2.37. The molecule has 3 atom stereocenters. The molecule has 0 N–H and O–H groups in total. The number of nitrogens with zero attached hydrogens (tertiary/aromatic N) is 3. The molecule has 2 aliphatic rings. The van der Waals surface area contributed by atoms with Crippen molar-refractivity contribution in [3.05, 3.63) is 92.9 Å². The van der Waals surface area contributed by atoms with Gasteiger partial charge in [0.15, 0.2) is 6.10 Å². The SMILES string of the molecule is COc1ccc(C2C3C(=O)N(c4ccc([N+](=O)[O-])cc4)C(=O)C3ON2c2ccccc2)cc1Br. The fraction of sp³-hybridized carbons (Fsp3) is 0.167. The average Bonchev–Trinajstić information content (AvgIpc) is 3.35. The van der Waals surface area contributed by atoms with Crippen LogP contribution in [0.1, 0.15) is 11.6 Å². The number of para-hydroxylation sites is 1. The van der Waals surface area contributed by atoms with Crippen LogP contribution in [0.5, 0.6) is 5.75 Å². The zero-order valence-corrected chi connectivity index (χ0v) is 19.4. The number of imide groups is 1. The van der Waals surface area contributed by atoms with Gasteiger partial charge < -0.3 is 4.74 Å². The molecule has 3 aromatic carbocycles. The number of hydrogen-bond acceptors (Lipinski definition) is 7. The summed E-state index contributed by atoms with van der Waals surface area (Å²) < 4.78 is 6.03. The highest BCUT2D eigenvalue weighted by Crippen LogP contribution is 2.48. The zero-order valence-electron chi connectivity index (χ0n) is 17.8. The number of carbonyl (C=O) groups is 2. The second-order valence-electron chi connectivity index (χ2n) is 7.84. The molecule has 34 heavy (non-hydrogen) atoms. The third kappa shape index (κ3) is 3.51. The second kappa shape index (κ2) is 8.54. The summed E-state index contributed by atoms with van der Waals surface area (Å²) in [6.07, 6.45) is -1.03. The first kappa shape index (κ1) is 22.1. The Kier molecular flexibility index (Phi) is 5.54. The number of nitro benzene ring substituents is 1. The fourth-order valence-corrected chi connectivity index (χ4v) is 4.96. The number of nitro groups is 1. The van der Waals surface area contributed by atoms with Crippen molar-refractivity contribution in [3.63, 3.8) is 0 Å². The zero-order chi connectivity index (χ0) is 24.0. The standard InChI is InChI=1S/C24H18BrN3O6/c1-33-19-12-7-14(13-18(19)25)21-20-22(34-27(21)16-5-3-2-4-6-16)24(30)26(23(20)29)15-8-10-17(11-9-15)28(31)32/h2-13,20-22H,1H3. The number of ether oxygens (including phenoxy) is 1. The van der Waals surface area contributed by atoms with Crippen LogP contribution in [0, 0.1) is 16.0 Å². The summed E-state index contributed by atoms with van der Waals surface area (Å²) in [6.45, 7) is 0. The highest BCUT2D eigenvalue weighted by Gasteiger charge is 2.60. The van der Waals surface area contributed by atoms with E-state index in [2.05, 4.69) is 15.9 Å². The van der Waals surface area contributed by atoms with Gasteiger partial charge >= 0.3 is 0 Å². The van der Waals surface area contributed by atoms with Gasteiger partial charge in [0.05, 0.1) is 33.9 Å². The van der Waals surface area contributed by atoms with Gasteiger partial charge in [-0.15, -0.1) is 0 Å². The van der Waals surface area contributed by atoms with Gasteiger partial charge in [0, 0.05) is 12.1 Å². The maximum Gasteiger partial charge on any atom is 0.269 e. The molecule has 9 nitrogen and oxygen atoms in total. The Bertz CT molecular complexity index is 1280. The van der Waals surface area contributed by atoms with Crippen LogP contribution in [0.4, 0.5) is 17.1 Å². The number of hydroxylamine groups is 1. The summed E-state index contributed by atoms with van der Waals surface area (Å²) in [5, 5.41) is 12.6. The first-order chi connectivity index (χ1) is 16.4. The molecule has 3 aromatic rings. The predicted molar refractivity (Wildman–Crippen MR) is 126 cm³/mol. The molecule has 0 aliphatic carbocycles. The van der Waals surface area contributed by atoms with E-state index >= 15 is 0 Å². The van der Waals surface area contributed by atoms with Crippen molar-refractivity contribution < 1.29 is 24.1 Å². The molecule has 172 valence electrons. The monoisotopic (exact) mass is 523 g/mol. The molecule has 2 saturated heterocycles. The smallest absolute Gasteiger partial charge is 0.269 e. The minimum atomic E-state index is -1.03. The topological polar surface area (TPSA) is 102 Å². The molecule has 2 amide bonds. The normalized spacial score (nSPS) is 21.6. The Morgan fingerprint density at radius 1 is 0.971 bits per heavy atom. The van der Waals surface area contributed by atoms with Crippen LogP contribution in [0.25, 0.3) is 0 Å². The second-order valence-corrected chi connectivity index (χ2v) is 8.69. The van der Waals surface area contributed by atoms with E-state index in [0.29, 0.717) is 15.9 Å². The molecule has 3 unspecified atom stereocenters. The number of non-ortho nitro benzene ring substituents is 1. The van der Waals surface area contributed by atoms with Crippen LogP contribution in [0.3, 0.4) is 0 Å². The first-order valence-corrected chi connectivity index (χ1v) is 11.2. The minimum Gasteiger partial charge on any atom is -0.496 e. The van der Waals surface area contributed by atoms with Gasteiger partial charge in [-0.25, -0.2) is 9.96 Å². The third-order valence-electron chi connectivity index (χ3n) is 5.96. The number of benzene rings is 3. The number of amides is 2. The maximum absolute atomic E-state index is 13.6. The van der Waals surface area contributed by atoms with E-state index in [0.717, 1.165) is 10.5 Å². The molecule has 0 spiro atoms. The molecule has 2 aliphatic heterocycles. The van der Waals surface area contributed by atoms with E-state index in [4.69, 9.17) is 9.57 Å². The molecule has 0 radical (unpaired) electrons. The Labute approximate surface area is 202 Å². The van der Waals surface area contributed by atoms with Crippen LogP contribution in [-0.2, 0) is 14.4 Å². The van der Waals surface area contributed by atoms with Gasteiger partial charge in [0.1, 0.15) is 11.7 Å². The van der Waals surface area contributed by atoms with Crippen molar-refractivity contribution in [2.75, 3.05) is 17.1 Å². The van der Waals surface area contributed by atoms with Crippen molar-refractivity contribution >= 4 is 44.8 Å². The van der Waals surface area contributed by atoms with Gasteiger partial charge in [-0.3, -0.25) is 24.5 Å². The highest BCUT2D eigenvalue weighted by molar-refractivity contribution is 9.10. The van der Waals surface area contributed by atoms with Gasteiger partial charge in [-0.2, -0.15) is 0 Å². The maximum atomic E-state index is 13.6. The number of halogens is 1. The van der Waals surface area contributed by atoms with Crippen molar-refractivity contribution in [1.29, 1.82) is 0 Å². The van der Waals surface area contributed by atoms with Gasteiger partial charge in [-0.05, 0) is 57.9 Å². The minimum absolute atomic E-state index is 0.129. The van der Waals surface area contributed by atoms with Crippen LogP contribution in [-0.4, -0.2) is 30.0 Å². The highest BCUT2D eigenvalue weighted by atomic mass is 79.9. The van der Waals surface area contributed by atoms with Crippen LogP contribution in [0.15, 0.2) is 77.3 Å². The summed E-state index contributed by atoms with van der Waals surface area (Å²) in [7, 11) is 1.56. The van der Waals surface area contributed by atoms with E-state index in [9.17, 15) is 19.7 Å². The molecular formula is C24H18BrN3O6. The van der Waals surface area contributed by atoms with Gasteiger partial charge in [-0.1, -0.05) is 24.3 Å². The first-order valence-electron chi connectivity index (χ1n) is 10.4. The molecule has 0 aromatic heterocycles. The van der Waals surface area contributed by atoms with Crippen LogP contribution >= 0.6 is 15.9 Å². The van der Waals surface area contributed by atoms with Crippen molar-refractivity contribution in [3.8, 4) is 5.75 Å². The van der Waals surface area contributed by atoms with Crippen LogP contribution in [0.2, 0.25) is 0 Å².